The predicted octanol–water partition coefficient (Wildman–Crippen LogP) is 1.54. The highest BCUT2D eigenvalue weighted by Gasteiger charge is 2.29. The molecule has 2 N–H and O–H groups in total. The maximum absolute atomic E-state index is 12.1. The van der Waals surface area contributed by atoms with E-state index in [1.807, 2.05) is 37.3 Å². The summed E-state index contributed by atoms with van der Waals surface area (Å²) < 4.78 is 0. The van der Waals surface area contributed by atoms with E-state index in [2.05, 4.69) is 10.6 Å². The van der Waals surface area contributed by atoms with Crippen molar-refractivity contribution >= 4 is 28.8 Å². The Balaban J connectivity index is 1.74. The molecule has 7 heteroatoms. The van der Waals surface area contributed by atoms with E-state index in [9.17, 15) is 14.4 Å². The topological polar surface area (TPSA) is 78.5 Å². The Kier molecular flexibility index (Phi) is 6.18. The van der Waals surface area contributed by atoms with Crippen LogP contribution in [0, 0.1) is 0 Å². The maximum atomic E-state index is 12.1. The molecule has 0 aromatic heterocycles. The van der Waals surface area contributed by atoms with Crippen molar-refractivity contribution in [1.29, 1.82) is 0 Å². The van der Waals surface area contributed by atoms with Crippen molar-refractivity contribution in [2.24, 2.45) is 0 Å². The highest BCUT2D eigenvalue weighted by atomic mass is 32.2. The maximum Gasteiger partial charge on any atom is 0.288 e. The number of rotatable bonds is 7. The molecule has 124 valence electrons. The number of benzene rings is 1. The minimum atomic E-state index is -0.371. The summed E-state index contributed by atoms with van der Waals surface area (Å²) >= 11 is 0.997. The first-order valence-corrected chi connectivity index (χ1v) is 8.53. The van der Waals surface area contributed by atoms with Crippen molar-refractivity contribution < 1.29 is 14.4 Å². The van der Waals surface area contributed by atoms with Crippen molar-refractivity contribution in [3.05, 3.63) is 35.9 Å². The van der Waals surface area contributed by atoms with Crippen LogP contribution in [0.25, 0.3) is 0 Å². The van der Waals surface area contributed by atoms with Crippen molar-refractivity contribution in [2.75, 3.05) is 18.8 Å². The average molecular weight is 335 g/mol. The van der Waals surface area contributed by atoms with Crippen LogP contribution in [0.2, 0.25) is 0 Å². The first-order chi connectivity index (χ1) is 11.0. The monoisotopic (exact) mass is 335 g/mol. The highest BCUT2D eigenvalue weighted by molar-refractivity contribution is 8.14. The summed E-state index contributed by atoms with van der Waals surface area (Å²) in [4.78, 5) is 36.2. The lowest BCUT2D eigenvalue weighted by Gasteiger charge is -2.20. The van der Waals surface area contributed by atoms with Crippen LogP contribution in [0.15, 0.2) is 30.3 Å². The van der Waals surface area contributed by atoms with Gasteiger partial charge in [-0.05, 0) is 19.4 Å². The Morgan fingerprint density at radius 1 is 1.26 bits per heavy atom. The fourth-order valence-corrected chi connectivity index (χ4v) is 3.08. The molecule has 1 aliphatic heterocycles. The fourth-order valence-electron chi connectivity index (χ4n) is 2.33. The second kappa shape index (κ2) is 8.12. The van der Waals surface area contributed by atoms with E-state index in [0.29, 0.717) is 0 Å². The normalized spacial score (nSPS) is 17.2. The largest absolute Gasteiger partial charge is 0.353 e. The van der Waals surface area contributed by atoms with Crippen LogP contribution in [0.4, 0.5) is 4.79 Å². The van der Waals surface area contributed by atoms with Gasteiger partial charge in [-0.3, -0.25) is 24.6 Å². The standard InChI is InChI=1S/C16H21N3O3S/c1-11(13-6-4-3-5-7-13)18-12(2)15(21)17-8-9-19-14(20)10-23-16(19)22/h3-7,11-12,18H,8-10H2,1-2H3,(H,17,21)/t11-,12-/m1/s1. The molecule has 23 heavy (non-hydrogen) atoms. The number of hydrogen-bond acceptors (Lipinski definition) is 5. The van der Waals surface area contributed by atoms with Gasteiger partial charge in [0.15, 0.2) is 0 Å². The van der Waals surface area contributed by atoms with Gasteiger partial charge < -0.3 is 5.32 Å². The van der Waals surface area contributed by atoms with Crippen LogP contribution in [0.5, 0.6) is 0 Å². The summed E-state index contributed by atoms with van der Waals surface area (Å²) in [5.74, 6) is -0.156. The molecule has 2 atom stereocenters. The lowest BCUT2D eigenvalue weighted by Crippen LogP contribution is -2.45. The summed E-state index contributed by atoms with van der Waals surface area (Å²) in [7, 11) is 0. The average Bonchev–Trinajstić information content (AvgIpc) is 2.87. The molecule has 1 aromatic rings. The third-order valence-electron chi connectivity index (χ3n) is 3.67. The number of amides is 3. The van der Waals surface area contributed by atoms with Crippen molar-refractivity contribution in [3.8, 4) is 0 Å². The molecular formula is C16H21N3O3S. The highest BCUT2D eigenvalue weighted by Crippen LogP contribution is 2.17. The van der Waals surface area contributed by atoms with Crippen molar-refractivity contribution in [3.63, 3.8) is 0 Å². The SMILES string of the molecule is C[C@@H](N[C@H](C)c1ccccc1)C(=O)NCCN1C(=O)CSC1=O. The summed E-state index contributed by atoms with van der Waals surface area (Å²) in [6, 6.07) is 9.56. The number of nitrogens with zero attached hydrogens (tertiary/aromatic N) is 1. The van der Waals surface area contributed by atoms with E-state index < -0.39 is 0 Å². The van der Waals surface area contributed by atoms with Gasteiger partial charge in [-0.15, -0.1) is 0 Å². The third-order valence-corrected chi connectivity index (χ3v) is 4.53. The molecule has 1 fully saturated rings. The number of thioether (sulfide) groups is 1. The Hall–Kier alpha value is -1.86. The molecule has 0 unspecified atom stereocenters. The van der Waals surface area contributed by atoms with Crippen LogP contribution in [-0.2, 0) is 9.59 Å². The molecule has 0 spiro atoms. The fraction of sp³-hybridized carbons (Fsp3) is 0.438. The van der Waals surface area contributed by atoms with E-state index in [4.69, 9.17) is 0 Å². The first kappa shape index (κ1) is 17.5. The molecule has 3 amide bonds. The second-order valence-electron chi connectivity index (χ2n) is 5.41. The Morgan fingerprint density at radius 2 is 1.96 bits per heavy atom. The zero-order valence-electron chi connectivity index (χ0n) is 13.2. The van der Waals surface area contributed by atoms with Crippen molar-refractivity contribution in [2.45, 2.75) is 25.9 Å². The number of imide groups is 1. The summed E-state index contributed by atoms with van der Waals surface area (Å²) in [6.07, 6.45) is 0. The van der Waals surface area contributed by atoms with Gasteiger partial charge in [0.05, 0.1) is 11.8 Å². The predicted molar refractivity (Wildman–Crippen MR) is 90.0 cm³/mol. The Morgan fingerprint density at radius 3 is 2.57 bits per heavy atom. The van der Waals surface area contributed by atoms with Gasteiger partial charge in [0, 0.05) is 19.1 Å². The second-order valence-corrected chi connectivity index (χ2v) is 6.34. The number of hydrogen-bond donors (Lipinski definition) is 2. The van der Waals surface area contributed by atoms with Gasteiger partial charge in [-0.2, -0.15) is 0 Å². The molecule has 1 aliphatic rings. The molecule has 0 radical (unpaired) electrons. The van der Waals surface area contributed by atoms with Crippen LogP contribution >= 0.6 is 11.8 Å². The van der Waals surface area contributed by atoms with Crippen LogP contribution in [-0.4, -0.2) is 46.8 Å². The molecule has 1 heterocycles. The first-order valence-electron chi connectivity index (χ1n) is 7.55. The van der Waals surface area contributed by atoms with Gasteiger partial charge >= 0.3 is 0 Å². The smallest absolute Gasteiger partial charge is 0.288 e. The summed E-state index contributed by atoms with van der Waals surface area (Å²) in [6.45, 7) is 4.27. The number of nitrogens with one attached hydrogen (secondary N) is 2. The number of carbonyl (C=O) groups excluding carboxylic acids is 3. The third kappa shape index (κ3) is 4.80. The summed E-state index contributed by atoms with van der Waals surface area (Å²) in [5.41, 5.74) is 1.11. The van der Waals surface area contributed by atoms with Crippen molar-refractivity contribution in [1.82, 2.24) is 15.5 Å². The van der Waals surface area contributed by atoms with E-state index >= 15 is 0 Å². The van der Waals surface area contributed by atoms with E-state index in [-0.39, 0.29) is 48.0 Å². The summed E-state index contributed by atoms with van der Waals surface area (Å²) in [5, 5.41) is 5.74. The van der Waals surface area contributed by atoms with E-state index in [0.717, 1.165) is 17.3 Å². The van der Waals surface area contributed by atoms with Gasteiger partial charge in [0.2, 0.25) is 11.8 Å². The molecular weight excluding hydrogens is 314 g/mol. The minimum absolute atomic E-state index is 0.0510. The molecule has 2 rings (SSSR count). The minimum Gasteiger partial charge on any atom is -0.353 e. The van der Waals surface area contributed by atoms with Gasteiger partial charge in [-0.1, -0.05) is 42.1 Å². The van der Waals surface area contributed by atoms with Gasteiger partial charge in [0.1, 0.15) is 0 Å². The van der Waals surface area contributed by atoms with E-state index in [1.54, 1.807) is 6.92 Å². The molecule has 0 saturated carbocycles. The quantitative estimate of drug-likeness (QED) is 0.790. The molecule has 1 saturated heterocycles. The van der Waals surface area contributed by atoms with E-state index in [1.165, 1.54) is 4.90 Å². The number of carbonyl (C=O) groups is 3. The Bertz CT molecular complexity index is 563. The molecule has 0 bridgehead atoms. The van der Waals surface area contributed by atoms with Crippen LogP contribution in [0.1, 0.15) is 25.5 Å². The lowest BCUT2D eigenvalue weighted by atomic mass is 10.1. The molecule has 1 aromatic carbocycles. The zero-order chi connectivity index (χ0) is 16.8. The Labute approximate surface area is 140 Å². The van der Waals surface area contributed by atoms with Gasteiger partial charge in [-0.25, -0.2) is 0 Å². The lowest BCUT2D eigenvalue weighted by molar-refractivity contribution is -0.126. The zero-order valence-corrected chi connectivity index (χ0v) is 14.1. The van der Waals surface area contributed by atoms with Gasteiger partial charge in [0.25, 0.3) is 5.24 Å². The molecule has 0 aliphatic carbocycles. The molecule has 6 nitrogen and oxygen atoms in total. The van der Waals surface area contributed by atoms with Crippen LogP contribution in [0.3, 0.4) is 0 Å². The van der Waals surface area contributed by atoms with Crippen LogP contribution < -0.4 is 10.6 Å².